The van der Waals surface area contributed by atoms with Gasteiger partial charge in [0.2, 0.25) is 10.0 Å². The molecule has 0 heterocycles. The second kappa shape index (κ2) is 6.80. The maximum Gasteiger partial charge on any atom is 0.238 e. The Morgan fingerprint density at radius 2 is 1.87 bits per heavy atom. The highest BCUT2D eigenvalue weighted by Crippen LogP contribution is 2.28. The van der Waals surface area contributed by atoms with Gasteiger partial charge >= 0.3 is 0 Å². The Bertz CT molecular complexity index is 814. The van der Waals surface area contributed by atoms with Gasteiger partial charge in [0.15, 0.2) is 11.5 Å². The third kappa shape index (κ3) is 4.08. The molecule has 2 aromatic rings. The van der Waals surface area contributed by atoms with E-state index in [1.165, 1.54) is 19.2 Å². The molecular weight excluding hydrogens is 316 g/mol. The fraction of sp³-hybridized carbons (Fsp3) is 0.188. The van der Waals surface area contributed by atoms with Crippen molar-refractivity contribution in [3.8, 4) is 11.5 Å². The molecule has 0 aromatic heterocycles. The number of phenols is 1. The van der Waals surface area contributed by atoms with Crippen LogP contribution in [0.5, 0.6) is 11.5 Å². The number of aliphatic imine (C=N–C) groups is 1. The van der Waals surface area contributed by atoms with Gasteiger partial charge in [-0.25, -0.2) is 13.6 Å². The van der Waals surface area contributed by atoms with Crippen molar-refractivity contribution >= 4 is 16.2 Å². The molecule has 23 heavy (non-hydrogen) atoms. The maximum atomic E-state index is 11.2. The molecule has 0 amide bonds. The van der Waals surface area contributed by atoms with Crippen molar-refractivity contribution in [3.63, 3.8) is 0 Å². The summed E-state index contributed by atoms with van der Waals surface area (Å²) >= 11 is 0. The number of phenolic OH excluding ortho intramolecular Hbond substituents is 1. The van der Waals surface area contributed by atoms with Crippen LogP contribution in [-0.4, -0.2) is 26.8 Å². The molecule has 0 fully saturated rings. The monoisotopic (exact) mass is 334 g/mol. The van der Waals surface area contributed by atoms with E-state index in [9.17, 15) is 13.5 Å². The first-order valence-electron chi connectivity index (χ1n) is 6.85. The topological polar surface area (TPSA) is 102 Å². The molecule has 0 unspecified atom stereocenters. The number of aromatic hydroxyl groups is 1. The highest BCUT2D eigenvalue weighted by atomic mass is 32.2. The van der Waals surface area contributed by atoms with Crippen molar-refractivity contribution in [2.24, 2.45) is 10.1 Å². The molecule has 3 N–H and O–H groups in total. The third-order valence-electron chi connectivity index (χ3n) is 3.38. The number of rotatable bonds is 5. The molecule has 0 aliphatic rings. The standard InChI is InChI=1S/C16H18N2O4S/c1-11(12-6-8-14(9-7-12)23(17,20)21)18-10-13-4-3-5-15(22-2)16(13)19/h3-11,19H,1-2H3,(H2,17,20,21)/t11-/m1/s1. The van der Waals surface area contributed by atoms with E-state index >= 15 is 0 Å². The number of sulfonamides is 1. The van der Waals surface area contributed by atoms with Crippen molar-refractivity contribution in [2.45, 2.75) is 17.9 Å². The molecule has 2 aromatic carbocycles. The molecule has 122 valence electrons. The van der Waals surface area contributed by atoms with Gasteiger partial charge in [-0.2, -0.15) is 0 Å². The molecule has 0 saturated carbocycles. The summed E-state index contributed by atoms with van der Waals surface area (Å²) in [5.74, 6) is 0.398. The first kappa shape index (κ1) is 17.0. The van der Waals surface area contributed by atoms with E-state index in [4.69, 9.17) is 9.88 Å². The largest absolute Gasteiger partial charge is 0.504 e. The molecule has 7 heteroatoms. The lowest BCUT2D eigenvalue weighted by molar-refractivity contribution is 0.373. The molecular formula is C16H18N2O4S. The Morgan fingerprint density at radius 1 is 1.22 bits per heavy atom. The van der Waals surface area contributed by atoms with Gasteiger partial charge in [-0.1, -0.05) is 18.2 Å². The summed E-state index contributed by atoms with van der Waals surface area (Å²) in [6.45, 7) is 1.86. The van der Waals surface area contributed by atoms with E-state index in [2.05, 4.69) is 4.99 Å². The van der Waals surface area contributed by atoms with Crippen molar-refractivity contribution in [3.05, 3.63) is 53.6 Å². The maximum absolute atomic E-state index is 11.2. The summed E-state index contributed by atoms with van der Waals surface area (Å²) in [4.78, 5) is 4.43. The SMILES string of the molecule is COc1cccc(C=N[C@H](C)c2ccc(S(N)(=O)=O)cc2)c1O. The van der Waals surface area contributed by atoms with Gasteiger partial charge in [-0.15, -0.1) is 0 Å². The molecule has 0 spiro atoms. The second-order valence-corrected chi connectivity index (χ2v) is 6.53. The molecule has 0 radical (unpaired) electrons. The quantitative estimate of drug-likeness (QED) is 0.818. The van der Waals surface area contributed by atoms with Crippen LogP contribution in [0, 0.1) is 0 Å². The molecule has 0 aliphatic carbocycles. The van der Waals surface area contributed by atoms with Crippen LogP contribution in [0.1, 0.15) is 24.1 Å². The van der Waals surface area contributed by atoms with Gasteiger partial charge in [-0.05, 0) is 36.8 Å². The highest BCUT2D eigenvalue weighted by Gasteiger charge is 2.10. The number of nitrogens with two attached hydrogens (primary N) is 1. The lowest BCUT2D eigenvalue weighted by atomic mass is 10.1. The minimum atomic E-state index is -3.70. The zero-order valence-electron chi connectivity index (χ0n) is 12.8. The molecule has 0 aliphatic heterocycles. The van der Waals surface area contributed by atoms with Crippen LogP contribution < -0.4 is 9.88 Å². The zero-order chi connectivity index (χ0) is 17.0. The summed E-state index contributed by atoms with van der Waals surface area (Å²) in [6, 6.07) is 11.1. The Balaban J connectivity index is 2.20. The Kier molecular flexibility index (Phi) is 5.02. The first-order chi connectivity index (χ1) is 10.8. The van der Waals surface area contributed by atoms with E-state index in [0.717, 1.165) is 5.56 Å². The van der Waals surface area contributed by atoms with Gasteiger partial charge in [0.25, 0.3) is 0 Å². The summed E-state index contributed by atoms with van der Waals surface area (Å²) < 4.78 is 27.5. The average molecular weight is 334 g/mol. The highest BCUT2D eigenvalue weighted by molar-refractivity contribution is 7.89. The van der Waals surface area contributed by atoms with Gasteiger partial charge in [-0.3, -0.25) is 4.99 Å². The van der Waals surface area contributed by atoms with E-state index < -0.39 is 10.0 Å². The van der Waals surface area contributed by atoms with Crippen molar-refractivity contribution in [2.75, 3.05) is 7.11 Å². The molecule has 2 rings (SSSR count). The number of benzene rings is 2. The van der Waals surface area contributed by atoms with Gasteiger partial charge < -0.3 is 9.84 Å². The van der Waals surface area contributed by atoms with Gasteiger partial charge in [0.1, 0.15) is 0 Å². The van der Waals surface area contributed by atoms with Crippen LogP contribution in [0.3, 0.4) is 0 Å². The fourth-order valence-electron chi connectivity index (χ4n) is 2.02. The summed E-state index contributed by atoms with van der Waals surface area (Å²) in [7, 11) is -2.22. The van der Waals surface area contributed by atoms with E-state index in [-0.39, 0.29) is 16.7 Å². The van der Waals surface area contributed by atoms with Crippen molar-refractivity contribution < 1.29 is 18.3 Å². The van der Waals surface area contributed by atoms with Crippen molar-refractivity contribution in [1.29, 1.82) is 0 Å². The van der Waals surface area contributed by atoms with Gasteiger partial charge in [0.05, 0.1) is 18.0 Å². The lowest BCUT2D eigenvalue weighted by Gasteiger charge is -2.08. The Morgan fingerprint density at radius 3 is 2.43 bits per heavy atom. The predicted molar refractivity (Wildman–Crippen MR) is 88.5 cm³/mol. The lowest BCUT2D eigenvalue weighted by Crippen LogP contribution is -2.12. The van der Waals surface area contributed by atoms with Crippen molar-refractivity contribution in [1.82, 2.24) is 0 Å². The number of primary sulfonamides is 1. The molecule has 0 saturated heterocycles. The summed E-state index contributed by atoms with van der Waals surface area (Å²) in [6.07, 6.45) is 1.55. The number of methoxy groups -OCH3 is 1. The van der Waals surface area contributed by atoms with Crippen LogP contribution in [-0.2, 0) is 10.0 Å². The number of nitrogens with zero attached hydrogens (tertiary/aromatic N) is 1. The molecule has 0 bridgehead atoms. The van der Waals surface area contributed by atoms with Crippen LogP contribution in [0.4, 0.5) is 0 Å². The third-order valence-corrected chi connectivity index (χ3v) is 4.31. The Labute approximate surface area is 135 Å². The molecule has 1 atom stereocenters. The zero-order valence-corrected chi connectivity index (χ0v) is 13.6. The average Bonchev–Trinajstić information content (AvgIpc) is 2.53. The van der Waals surface area contributed by atoms with Crippen LogP contribution in [0.25, 0.3) is 0 Å². The first-order valence-corrected chi connectivity index (χ1v) is 8.39. The minimum absolute atomic E-state index is 0.0236. The number of ether oxygens (including phenoxy) is 1. The predicted octanol–water partition coefficient (Wildman–Crippen LogP) is 2.23. The second-order valence-electron chi connectivity index (χ2n) is 4.97. The molecule has 6 nitrogen and oxygen atoms in total. The van der Waals surface area contributed by atoms with E-state index in [1.54, 1.807) is 36.5 Å². The van der Waals surface area contributed by atoms with Gasteiger partial charge in [0, 0.05) is 11.8 Å². The van der Waals surface area contributed by atoms with Crippen LogP contribution in [0.15, 0.2) is 52.4 Å². The normalized spacial score (nSPS) is 13.2. The Hall–Kier alpha value is -2.38. The van der Waals surface area contributed by atoms with Crippen LogP contribution >= 0.6 is 0 Å². The van der Waals surface area contributed by atoms with E-state index in [1.807, 2.05) is 6.92 Å². The summed E-state index contributed by atoms with van der Waals surface area (Å²) in [5.41, 5.74) is 1.37. The number of para-hydroxylation sites is 1. The number of hydrogen-bond acceptors (Lipinski definition) is 5. The summed E-state index contributed by atoms with van der Waals surface area (Å²) in [5, 5.41) is 15.1. The van der Waals surface area contributed by atoms with E-state index in [0.29, 0.717) is 11.3 Å². The van der Waals surface area contributed by atoms with Crippen LogP contribution in [0.2, 0.25) is 0 Å². The minimum Gasteiger partial charge on any atom is -0.504 e. The smallest absolute Gasteiger partial charge is 0.238 e. The fourth-order valence-corrected chi connectivity index (χ4v) is 2.54. The number of hydrogen-bond donors (Lipinski definition) is 2.